The zero-order chi connectivity index (χ0) is 10.6. The first kappa shape index (κ1) is 11.4. The number of nitrogens with zero attached hydrogens (tertiary/aromatic N) is 1. The summed E-state index contributed by atoms with van der Waals surface area (Å²) >= 11 is 1.86. The SMILES string of the molecule is Cc1cc(N)cc(SCCN(C)C)c1. The molecular formula is C11H18N2S. The molecule has 2 nitrogen and oxygen atoms in total. The van der Waals surface area contributed by atoms with Crippen LogP contribution in [0.25, 0.3) is 0 Å². The number of hydrogen-bond acceptors (Lipinski definition) is 3. The molecule has 0 saturated carbocycles. The number of thioether (sulfide) groups is 1. The van der Waals surface area contributed by atoms with Crippen LogP contribution in [0.5, 0.6) is 0 Å². The van der Waals surface area contributed by atoms with Crippen LogP contribution in [0.15, 0.2) is 23.1 Å². The summed E-state index contributed by atoms with van der Waals surface area (Å²) in [7, 11) is 4.18. The average molecular weight is 210 g/mol. The van der Waals surface area contributed by atoms with Gasteiger partial charge in [0.05, 0.1) is 0 Å². The molecule has 1 aromatic rings. The Morgan fingerprint density at radius 3 is 2.57 bits per heavy atom. The molecule has 78 valence electrons. The Morgan fingerprint density at radius 2 is 2.00 bits per heavy atom. The molecule has 1 rings (SSSR count). The van der Waals surface area contributed by atoms with Gasteiger partial charge in [0.2, 0.25) is 0 Å². The summed E-state index contributed by atoms with van der Waals surface area (Å²) in [5.41, 5.74) is 7.86. The standard InChI is InChI=1S/C11H18N2S/c1-9-6-10(12)8-11(7-9)14-5-4-13(2)3/h6-8H,4-5,12H2,1-3H3. The predicted molar refractivity (Wildman–Crippen MR) is 64.9 cm³/mol. The van der Waals surface area contributed by atoms with Crippen molar-refractivity contribution in [2.75, 3.05) is 32.1 Å². The molecule has 0 fully saturated rings. The molecule has 2 N–H and O–H groups in total. The molecule has 3 heteroatoms. The van der Waals surface area contributed by atoms with Crippen LogP contribution in [0.3, 0.4) is 0 Å². The van der Waals surface area contributed by atoms with Gasteiger partial charge in [-0.2, -0.15) is 0 Å². The fourth-order valence-electron chi connectivity index (χ4n) is 1.21. The number of aryl methyl sites for hydroxylation is 1. The Hall–Kier alpha value is -0.670. The Kier molecular flexibility index (Phi) is 4.29. The highest BCUT2D eigenvalue weighted by Crippen LogP contribution is 2.22. The molecule has 1 aromatic carbocycles. The number of anilines is 1. The molecule has 0 saturated heterocycles. The van der Waals surface area contributed by atoms with Crippen LogP contribution >= 0.6 is 11.8 Å². The molecule has 0 bridgehead atoms. The second-order valence-electron chi connectivity index (χ2n) is 3.73. The van der Waals surface area contributed by atoms with Crippen molar-refractivity contribution in [1.29, 1.82) is 0 Å². The van der Waals surface area contributed by atoms with E-state index < -0.39 is 0 Å². The first-order chi connectivity index (χ1) is 6.58. The highest BCUT2D eigenvalue weighted by atomic mass is 32.2. The molecule has 0 aliphatic heterocycles. The fraction of sp³-hybridized carbons (Fsp3) is 0.455. The third kappa shape index (κ3) is 4.03. The average Bonchev–Trinajstić information content (AvgIpc) is 2.01. The zero-order valence-electron chi connectivity index (χ0n) is 9.08. The van der Waals surface area contributed by atoms with E-state index in [0.717, 1.165) is 18.0 Å². The van der Waals surface area contributed by atoms with Crippen molar-refractivity contribution in [2.24, 2.45) is 0 Å². The first-order valence-electron chi connectivity index (χ1n) is 4.72. The quantitative estimate of drug-likeness (QED) is 0.610. The third-order valence-electron chi connectivity index (χ3n) is 1.88. The normalized spacial score (nSPS) is 10.9. The van der Waals surface area contributed by atoms with Gasteiger partial charge in [-0.25, -0.2) is 0 Å². The van der Waals surface area contributed by atoms with Crippen LogP contribution in [-0.2, 0) is 0 Å². The van der Waals surface area contributed by atoms with E-state index in [1.165, 1.54) is 10.5 Å². The number of nitrogens with two attached hydrogens (primary N) is 1. The van der Waals surface area contributed by atoms with Crippen LogP contribution in [0.1, 0.15) is 5.56 Å². The Labute approximate surface area is 90.5 Å². The maximum atomic E-state index is 5.77. The lowest BCUT2D eigenvalue weighted by Crippen LogP contribution is -2.14. The molecule has 0 aliphatic rings. The maximum Gasteiger partial charge on any atom is 0.0327 e. The summed E-state index contributed by atoms with van der Waals surface area (Å²) in [6.07, 6.45) is 0. The summed E-state index contributed by atoms with van der Waals surface area (Å²) in [5, 5.41) is 0. The monoisotopic (exact) mass is 210 g/mol. The Morgan fingerprint density at radius 1 is 1.29 bits per heavy atom. The summed E-state index contributed by atoms with van der Waals surface area (Å²) in [5.74, 6) is 1.11. The van der Waals surface area contributed by atoms with E-state index in [1.54, 1.807) is 0 Å². The van der Waals surface area contributed by atoms with Gasteiger partial charge in [-0.3, -0.25) is 0 Å². The van der Waals surface area contributed by atoms with Crippen LogP contribution in [0.4, 0.5) is 5.69 Å². The van der Waals surface area contributed by atoms with E-state index in [2.05, 4.69) is 32.0 Å². The van der Waals surface area contributed by atoms with Crippen LogP contribution < -0.4 is 5.73 Å². The van der Waals surface area contributed by atoms with E-state index in [9.17, 15) is 0 Å². The van der Waals surface area contributed by atoms with Gasteiger partial charge in [-0.05, 0) is 44.8 Å². The highest BCUT2D eigenvalue weighted by Gasteiger charge is 1.97. The van der Waals surface area contributed by atoms with Gasteiger partial charge in [0.1, 0.15) is 0 Å². The van der Waals surface area contributed by atoms with Gasteiger partial charge in [-0.15, -0.1) is 11.8 Å². The van der Waals surface area contributed by atoms with E-state index >= 15 is 0 Å². The number of nitrogen functional groups attached to an aromatic ring is 1. The summed E-state index contributed by atoms with van der Waals surface area (Å²) < 4.78 is 0. The zero-order valence-corrected chi connectivity index (χ0v) is 9.90. The lowest BCUT2D eigenvalue weighted by molar-refractivity contribution is 0.437. The minimum atomic E-state index is 0.859. The van der Waals surface area contributed by atoms with E-state index in [4.69, 9.17) is 5.73 Å². The van der Waals surface area contributed by atoms with Gasteiger partial charge < -0.3 is 10.6 Å². The molecule has 14 heavy (non-hydrogen) atoms. The van der Waals surface area contributed by atoms with Gasteiger partial charge in [-0.1, -0.05) is 0 Å². The summed E-state index contributed by atoms with van der Waals surface area (Å²) in [4.78, 5) is 3.45. The van der Waals surface area contributed by atoms with E-state index in [1.807, 2.05) is 23.9 Å². The van der Waals surface area contributed by atoms with Crippen LogP contribution in [-0.4, -0.2) is 31.3 Å². The van der Waals surface area contributed by atoms with Crippen LogP contribution in [0, 0.1) is 6.92 Å². The molecule has 0 heterocycles. The van der Waals surface area contributed by atoms with Gasteiger partial charge in [0.15, 0.2) is 0 Å². The molecule has 0 atom stereocenters. The molecule has 0 aliphatic carbocycles. The van der Waals surface area contributed by atoms with Gasteiger partial charge >= 0.3 is 0 Å². The van der Waals surface area contributed by atoms with Crippen molar-refractivity contribution in [3.05, 3.63) is 23.8 Å². The third-order valence-corrected chi connectivity index (χ3v) is 2.84. The predicted octanol–water partition coefficient (Wildman–Crippen LogP) is 2.23. The topological polar surface area (TPSA) is 29.3 Å². The van der Waals surface area contributed by atoms with Gasteiger partial charge in [0, 0.05) is 22.9 Å². The summed E-state index contributed by atoms with van der Waals surface area (Å²) in [6.45, 7) is 3.17. The first-order valence-corrected chi connectivity index (χ1v) is 5.71. The summed E-state index contributed by atoms with van der Waals surface area (Å²) in [6, 6.07) is 6.21. The highest BCUT2D eigenvalue weighted by molar-refractivity contribution is 7.99. The molecular weight excluding hydrogens is 192 g/mol. The molecule has 0 aromatic heterocycles. The Balaban J connectivity index is 2.50. The van der Waals surface area contributed by atoms with Crippen molar-refractivity contribution in [3.8, 4) is 0 Å². The van der Waals surface area contributed by atoms with E-state index in [-0.39, 0.29) is 0 Å². The molecule has 0 spiro atoms. The molecule has 0 amide bonds. The fourth-order valence-corrected chi connectivity index (χ4v) is 2.39. The number of benzene rings is 1. The van der Waals surface area contributed by atoms with Gasteiger partial charge in [0.25, 0.3) is 0 Å². The minimum absolute atomic E-state index is 0.859. The van der Waals surface area contributed by atoms with Crippen molar-refractivity contribution in [3.63, 3.8) is 0 Å². The number of hydrogen-bond donors (Lipinski definition) is 1. The second-order valence-corrected chi connectivity index (χ2v) is 4.90. The molecule has 0 unspecified atom stereocenters. The van der Waals surface area contributed by atoms with E-state index in [0.29, 0.717) is 0 Å². The largest absolute Gasteiger partial charge is 0.399 e. The minimum Gasteiger partial charge on any atom is -0.399 e. The van der Waals surface area contributed by atoms with Crippen LogP contribution in [0.2, 0.25) is 0 Å². The second kappa shape index (κ2) is 5.27. The van der Waals surface area contributed by atoms with Crippen molar-refractivity contribution in [1.82, 2.24) is 4.90 Å². The van der Waals surface area contributed by atoms with Crippen molar-refractivity contribution < 1.29 is 0 Å². The van der Waals surface area contributed by atoms with Crippen molar-refractivity contribution in [2.45, 2.75) is 11.8 Å². The van der Waals surface area contributed by atoms with Crippen molar-refractivity contribution >= 4 is 17.4 Å². The maximum absolute atomic E-state index is 5.77. The molecule has 0 radical (unpaired) electrons. The smallest absolute Gasteiger partial charge is 0.0327 e. The lowest BCUT2D eigenvalue weighted by atomic mass is 10.2. The lowest BCUT2D eigenvalue weighted by Gasteiger charge is -2.09. The number of rotatable bonds is 4. The Bertz CT molecular complexity index is 277.